The normalized spacial score (nSPS) is 28.4. The summed E-state index contributed by atoms with van der Waals surface area (Å²) in [6, 6.07) is 19.0. The van der Waals surface area contributed by atoms with Gasteiger partial charge in [-0.3, -0.25) is 0 Å². The molecule has 2 aliphatic carbocycles. The van der Waals surface area contributed by atoms with Crippen molar-refractivity contribution in [2.75, 3.05) is 6.54 Å². The molecule has 1 heterocycles. The summed E-state index contributed by atoms with van der Waals surface area (Å²) in [5, 5.41) is 0. The number of nitrogens with zero attached hydrogens (tertiary/aromatic N) is 1. The van der Waals surface area contributed by atoms with Crippen molar-refractivity contribution in [3.8, 4) is 11.1 Å². The molecule has 1 fully saturated rings. The van der Waals surface area contributed by atoms with Crippen LogP contribution in [0.25, 0.3) is 11.1 Å². The van der Waals surface area contributed by atoms with Crippen LogP contribution in [0.2, 0.25) is 0 Å². The van der Waals surface area contributed by atoms with Crippen LogP contribution in [-0.4, -0.2) is 30.1 Å². The van der Waals surface area contributed by atoms with Crippen molar-refractivity contribution in [2.24, 2.45) is 0 Å². The Balaban J connectivity index is 1.52. The highest BCUT2D eigenvalue weighted by molar-refractivity contribution is 7.90. The van der Waals surface area contributed by atoms with Gasteiger partial charge >= 0.3 is 0 Å². The molecule has 4 heteroatoms. The molecule has 3 aliphatic rings. The third kappa shape index (κ3) is 3.52. The highest BCUT2D eigenvalue weighted by Gasteiger charge is 2.49. The lowest BCUT2D eigenvalue weighted by molar-refractivity contribution is 0.337. The van der Waals surface area contributed by atoms with Crippen molar-refractivity contribution < 1.29 is 8.42 Å². The first-order valence-electron chi connectivity index (χ1n) is 11.2. The van der Waals surface area contributed by atoms with Gasteiger partial charge in [-0.15, -0.1) is 0 Å². The zero-order valence-corrected chi connectivity index (χ0v) is 18.8. The summed E-state index contributed by atoms with van der Waals surface area (Å²) in [5.41, 5.74) is 4.92. The molecule has 2 aromatic carbocycles. The van der Waals surface area contributed by atoms with Crippen LogP contribution in [0.1, 0.15) is 44.1 Å². The molecule has 0 N–H and O–H groups in total. The van der Waals surface area contributed by atoms with Crippen molar-refractivity contribution in [1.29, 1.82) is 0 Å². The molecular weight excluding hydrogens is 402 g/mol. The number of rotatable bonds is 4. The van der Waals surface area contributed by atoms with Crippen molar-refractivity contribution in [3.05, 3.63) is 96.1 Å². The minimum Gasteiger partial charge on any atom is -0.211 e. The Morgan fingerprint density at radius 2 is 1.81 bits per heavy atom. The minimum absolute atomic E-state index is 0.0686. The van der Waals surface area contributed by atoms with Gasteiger partial charge in [-0.1, -0.05) is 90.6 Å². The fourth-order valence-electron chi connectivity index (χ4n) is 5.36. The van der Waals surface area contributed by atoms with Crippen molar-refractivity contribution in [3.63, 3.8) is 0 Å². The van der Waals surface area contributed by atoms with Crippen molar-refractivity contribution in [2.45, 2.75) is 49.3 Å². The van der Waals surface area contributed by atoms with Crippen LogP contribution in [0.5, 0.6) is 0 Å². The predicted octanol–water partition coefficient (Wildman–Crippen LogP) is 5.84. The first-order valence-corrected chi connectivity index (χ1v) is 12.6. The maximum atomic E-state index is 13.8. The van der Waals surface area contributed by atoms with Gasteiger partial charge in [0.1, 0.15) is 4.75 Å². The van der Waals surface area contributed by atoms with Crippen LogP contribution < -0.4 is 0 Å². The molecule has 3 atom stereocenters. The van der Waals surface area contributed by atoms with Crippen LogP contribution in [0, 0.1) is 0 Å². The zero-order chi connectivity index (χ0) is 21.5. The lowest BCUT2D eigenvalue weighted by atomic mass is 9.79. The summed E-state index contributed by atoms with van der Waals surface area (Å²) >= 11 is 0. The van der Waals surface area contributed by atoms with E-state index in [0.717, 1.165) is 19.3 Å². The SMILES string of the molecule is CC1(S(=O)(=O)N2CCC3=CCC[C@@H](c4cccc(-c5ccccc5)c4)[C@@H]32)C=CC=CC1. The van der Waals surface area contributed by atoms with Gasteiger partial charge in [-0.25, -0.2) is 8.42 Å². The van der Waals surface area contributed by atoms with E-state index in [1.165, 1.54) is 22.3 Å². The topological polar surface area (TPSA) is 37.4 Å². The lowest BCUT2D eigenvalue weighted by Gasteiger charge is -2.39. The van der Waals surface area contributed by atoms with E-state index in [-0.39, 0.29) is 12.0 Å². The number of hydrogen-bond donors (Lipinski definition) is 0. The molecule has 160 valence electrons. The van der Waals surface area contributed by atoms with Gasteiger partial charge in [0.2, 0.25) is 10.0 Å². The highest BCUT2D eigenvalue weighted by atomic mass is 32.2. The average Bonchev–Trinajstić information content (AvgIpc) is 3.25. The number of hydrogen-bond acceptors (Lipinski definition) is 2. The van der Waals surface area contributed by atoms with E-state index in [1.807, 2.05) is 41.6 Å². The molecule has 0 bridgehead atoms. The van der Waals surface area contributed by atoms with Gasteiger partial charge in [0.05, 0.1) is 6.04 Å². The molecular formula is C27H29NO2S. The largest absolute Gasteiger partial charge is 0.224 e. The predicted molar refractivity (Wildman–Crippen MR) is 127 cm³/mol. The Kier molecular flexibility index (Phi) is 5.23. The number of allylic oxidation sites excluding steroid dienone is 4. The second kappa shape index (κ2) is 7.92. The van der Waals surface area contributed by atoms with Crippen LogP contribution in [0.3, 0.4) is 0 Å². The highest BCUT2D eigenvalue weighted by Crippen LogP contribution is 2.45. The van der Waals surface area contributed by atoms with Crippen LogP contribution >= 0.6 is 0 Å². The van der Waals surface area contributed by atoms with Gasteiger partial charge in [0.15, 0.2) is 0 Å². The van der Waals surface area contributed by atoms with E-state index in [2.05, 4.69) is 54.6 Å². The van der Waals surface area contributed by atoms with E-state index < -0.39 is 14.8 Å². The molecule has 1 aliphatic heterocycles. The third-order valence-electron chi connectivity index (χ3n) is 7.12. The minimum atomic E-state index is -3.48. The van der Waals surface area contributed by atoms with Gasteiger partial charge in [-0.2, -0.15) is 4.31 Å². The monoisotopic (exact) mass is 431 g/mol. The summed E-state index contributed by atoms with van der Waals surface area (Å²) in [6.07, 6.45) is 13.3. The lowest BCUT2D eigenvalue weighted by Crippen LogP contribution is -2.49. The Labute approximate surface area is 185 Å². The summed E-state index contributed by atoms with van der Waals surface area (Å²) < 4.78 is 28.6. The average molecular weight is 432 g/mol. The maximum Gasteiger partial charge on any atom is 0.224 e. The molecule has 1 saturated heterocycles. The van der Waals surface area contributed by atoms with Crippen LogP contribution in [-0.2, 0) is 10.0 Å². The summed E-state index contributed by atoms with van der Waals surface area (Å²) in [7, 11) is -3.48. The van der Waals surface area contributed by atoms with Gasteiger partial charge in [0.25, 0.3) is 0 Å². The van der Waals surface area contributed by atoms with Gasteiger partial charge in [-0.05, 0) is 49.3 Å². The van der Waals surface area contributed by atoms with E-state index in [4.69, 9.17) is 0 Å². The molecule has 31 heavy (non-hydrogen) atoms. The van der Waals surface area contributed by atoms with Crippen molar-refractivity contribution in [1.82, 2.24) is 4.31 Å². The molecule has 0 radical (unpaired) electrons. The molecule has 5 rings (SSSR count). The Morgan fingerprint density at radius 1 is 1.00 bits per heavy atom. The molecule has 0 amide bonds. The Morgan fingerprint density at radius 3 is 2.58 bits per heavy atom. The first-order chi connectivity index (χ1) is 15.0. The molecule has 2 aromatic rings. The summed E-state index contributed by atoms with van der Waals surface area (Å²) in [6.45, 7) is 2.44. The Hall–Kier alpha value is -2.43. The maximum absolute atomic E-state index is 13.8. The quantitative estimate of drug-likeness (QED) is 0.571. The number of fused-ring (bicyclic) bond motifs is 1. The molecule has 0 saturated carbocycles. The zero-order valence-electron chi connectivity index (χ0n) is 17.9. The summed E-state index contributed by atoms with van der Waals surface area (Å²) in [5.74, 6) is 0.188. The second-order valence-corrected chi connectivity index (χ2v) is 11.4. The molecule has 0 aromatic heterocycles. The standard InChI is InChI=1S/C27H29NO2S/c1-27(17-6-3-7-18-27)31(29,30)28-19-16-22-12-9-15-25(26(22)28)24-14-8-13-23(20-24)21-10-4-2-5-11-21/h2-8,10-14,17,20,25-26H,9,15-16,18-19H2,1H3/t25-,26+,27?/m0/s1. The van der Waals surface area contributed by atoms with E-state index in [0.29, 0.717) is 13.0 Å². The molecule has 3 nitrogen and oxygen atoms in total. The third-order valence-corrected chi connectivity index (χ3v) is 9.62. The second-order valence-electron chi connectivity index (χ2n) is 9.07. The van der Waals surface area contributed by atoms with E-state index in [9.17, 15) is 8.42 Å². The number of sulfonamides is 1. The van der Waals surface area contributed by atoms with Crippen molar-refractivity contribution >= 4 is 10.0 Å². The van der Waals surface area contributed by atoms with E-state index >= 15 is 0 Å². The van der Waals surface area contributed by atoms with Crippen LogP contribution in [0.4, 0.5) is 0 Å². The molecule has 0 spiro atoms. The van der Waals surface area contributed by atoms with Gasteiger partial charge < -0.3 is 0 Å². The first kappa shape index (κ1) is 20.5. The summed E-state index contributed by atoms with van der Waals surface area (Å²) in [4.78, 5) is 0. The van der Waals surface area contributed by atoms with Gasteiger partial charge in [0, 0.05) is 12.5 Å². The fraction of sp³-hybridized carbons (Fsp3) is 0.333. The fourth-order valence-corrected chi connectivity index (χ4v) is 7.37. The molecule has 1 unspecified atom stereocenters. The smallest absolute Gasteiger partial charge is 0.211 e. The van der Waals surface area contributed by atoms with E-state index in [1.54, 1.807) is 0 Å². The number of benzene rings is 2. The van der Waals surface area contributed by atoms with Crippen LogP contribution in [0.15, 0.2) is 90.6 Å². The Bertz CT molecular complexity index is 1160.